The van der Waals surface area contributed by atoms with Crippen LogP contribution in [-0.2, 0) is 4.94 Å². The number of hydrogen-bond donors (Lipinski definition) is 0. The Morgan fingerprint density at radius 1 is 0.964 bits per heavy atom. The summed E-state index contributed by atoms with van der Waals surface area (Å²) in [6, 6.07) is 16.2. The van der Waals surface area contributed by atoms with E-state index in [0.717, 1.165) is 33.5 Å². The summed E-state index contributed by atoms with van der Waals surface area (Å²) in [5, 5.41) is 0. The third-order valence-electron chi connectivity index (χ3n) is 5.76. The summed E-state index contributed by atoms with van der Waals surface area (Å²) in [6.07, 6.45) is 4.16. The van der Waals surface area contributed by atoms with Crippen LogP contribution in [0.25, 0.3) is 28.4 Å². The van der Waals surface area contributed by atoms with E-state index in [2.05, 4.69) is 30.9 Å². The van der Waals surface area contributed by atoms with E-state index in [1.54, 1.807) is 0 Å². The molecule has 1 aromatic heterocycles. The fourth-order valence-corrected chi connectivity index (χ4v) is 2.99. The minimum Gasteiger partial charge on any atom is -0.249 e. The van der Waals surface area contributed by atoms with Gasteiger partial charge in [0, 0.05) is 11.0 Å². The van der Waals surface area contributed by atoms with E-state index in [4.69, 9.17) is 9.97 Å². The van der Waals surface area contributed by atoms with Gasteiger partial charge in [-0.05, 0) is 34.6 Å². The smallest absolute Gasteiger partial charge is 0.0935 e. The fourth-order valence-electron chi connectivity index (χ4n) is 2.99. The van der Waals surface area contributed by atoms with E-state index in [1.807, 2.05) is 69.3 Å². The Balaban J connectivity index is 1.93. The van der Waals surface area contributed by atoms with Gasteiger partial charge >= 0.3 is 0 Å². The van der Waals surface area contributed by atoms with Gasteiger partial charge in [-0.25, -0.2) is 9.97 Å². The Morgan fingerprint density at radius 2 is 1.68 bits per heavy atom. The second-order valence-electron chi connectivity index (χ2n) is 8.46. The standard InChI is InChI=1S/C24H27FN2O/c1-17-22(19-9-7-6-8-10-19)27-20-12-11-18(15-21(20)26-17)13-14-23(2,3)24(4,5)16-28-25/h6-15H,16H2,1-5H3/b14-13+. The normalized spacial score (nSPS) is 12.8. The molecule has 0 fully saturated rings. The van der Waals surface area contributed by atoms with E-state index in [-0.39, 0.29) is 17.4 Å². The van der Waals surface area contributed by atoms with Crippen LogP contribution in [0.5, 0.6) is 0 Å². The van der Waals surface area contributed by atoms with Gasteiger partial charge in [0.1, 0.15) is 0 Å². The van der Waals surface area contributed by atoms with Crippen molar-refractivity contribution < 1.29 is 9.47 Å². The molecule has 3 rings (SSSR count). The average molecular weight is 378 g/mol. The van der Waals surface area contributed by atoms with Gasteiger partial charge in [-0.2, -0.15) is 4.94 Å². The van der Waals surface area contributed by atoms with E-state index >= 15 is 0 Å². The summed E-state index contributed by atoms with van der Waals surface area (Å²) < 4.78 is 12.4. The molecule has 4 heteroatoms. The van der Waals surface area contributed by atoms with Gasteiger partial charge in [0.05, 0.1) is 29.0 Å². The first kappa shape index (κ1) is 20.2. The monoisotopic (exact) mass is 378 g/mol. The van der Waals surface area contributed by atoms with Crippen LogP contribution in [-0.4, -0.2) is 16.6 Å². The lowest BCUT2D eigenvalue weighted by Crippen LogP contribution is -2.34. The number of nitrogens with zero attached hydrogens (tertiary/aromatic N) is 2. The molecular formula is C24H27FN2O. The molecule has 0 spiro atoms. The molecule has 0 bridgehead atoms. The zero-order valence-electron chi connectivity index (χ0n) is 17.2. The van der Waals surface area contributed by atoms with Gasteiger partial charge in [-0.1, -0.05) is 76.2 Å². The molecule has 2 aromatic carbocycles. The van der Waals surface area contributed by atoms with Crippen LogP contribution in [0.4, 0.5) is 4.53 Å². The molecule has 0 aliphatic carbocycles. The molecule has 0 saturated heterocycles. The topological polar surface area (TPSA) is 35.0 Å². The van der Waals surface area contributed by atoms with Crippen LogP contribution in [0.3, 0.4) is 0 Å². The molecule has 0 saturated carbocycles. The molecule has 3 aromatic rings. The van der Waals surface area contributed by atoms with Crippen molar-refractivity contribution in [2.24, 2.45) is 10.8 Å². The first-order valence-electron chi connectivity index (χ1n) is 9.50. The van der Waals surface area contributed by atoms with Gasteiger partial charge in [0.2, 0.25) is 0 Å². The number of hydrogen-bond acceptors (Lipinski definition) is 3. The molecule has 0 aliphatic rings. The predicted molar refractivity (Wildman–Crippen MR) is 113 cm³/mol. The largest absolute Gasteiger partial charge is 0.249 e. The van der Waals surface area contributed by atoms with E-state index in [9.17, 15) is 4.53 Å². The number of fused-ring (bicyclic) bond motifs is 1. The summed E-state index contributed by atoms with van der Waals surface area (Å²) in [5.41, 5.74) is 5.07. The van der Waals surface area contributed by atoms with Gasteiger partial charge in [-0.3, -0.25) is 0 Å². The molecular weight excluding hydrogens is 351 g/mol. The molecule has 0 radical (unpaired) electrons. The lowest BCUT2D eigenvalue weighted by Gasteiger charge is -2.38. The minimum atomic E-state index is -0.337. The maximum Gasteiger partial charge on any atom is 0.0935 e. The molecule has 0 aliphatic heterocycles. The predicted octanol–water partition coefficient (Wildman–Crippen LogP) is 6.57. The van der Waals surface area contributed by atoms with Crippen LogP contribution in [0.1, 0.15) is 39.0 Å². The lowest BCUT2D eigenvalue weighted by molar-refractivity contribution is -0.171. The number of benzene rings is 2. The van der Waals surface area contributed by atoms with Gasteiger partial charge in [-0.15, -0.1) is 0 Å². The minimum absolute atomic E-state index is 0.0506. The SMILES string of the molecule is Cc1nc2cc(/C=C/C(C)(C)C(C)(C)COF)ccc2nc1-c1ccccc1. The summed E-state index contributed by atoms with van der Waals surface area (Å²) in [5.74, 6) is 0. The van der Waals surface area contributed by atoms with Gasteiger partial charge in [0.25, 0.3) is 0 Å². The quantitative estimate of drug-likeness (QED) is 0.486. The van der Waals surface area contributed by atoms with Crippen molar-refractivity contribution in [1.29, 1.82) is 0 Å². The van der Waals surface area contributed by atoms with Crippen molar-refractivity contribution in [3.05, 3.63) is 65.9 Å². The molecule has 0 unspecified atom stereocenters. The number of allylic oxidation sites excluding steroid dienone is 1. The Labute approximate surface area is 166 Å². The van der Waals surface area contributed by atoms with Crippen LogP contribution < -0.4 is 0 Å². The highest BCUT2D eigenvalue weighted by Crippen LogP contribution is 2.40. The van der Waals surface area contributed by atoms with Crippen molar-refractivity contribution in [3.63, 3.8) is 0 Å². The molecule has 0 N–H and O–H groups in total. The summed E-state index contributed by atoms with van der Waals surface area (Å²) in [7, 11) is 0. The Bertz CT molecular complexity index is 994. The van der Waals surface area contributed by atoms with Gasteiger partial charge < -0.3 is 0 Å². The Hall–Kier alpha value is -2.59. The second-order valence-corrected chi connectivity index (χ2v) is 8.46. The number of halogens is 1. The van der Waals surface area contributed by atoms with E-state index < -0.39 is 0 Å². The summed E-state index contributed by atoms with van der Waals surface area (Å²) in [6.45, 7) is 10.2. The molecule has 0 amide bonds. The highest BCUT2D eigenvalue weighted by molar-refractivity contribution is 5.80. The third kappa shape index (κ3) is 4.12. The molecule has 1 heterocycles. The average Bonchev–Trinajstić information content (AvgIpc) is 2.66. The van der Waals surface area contributed by atoms with Crippen molar-refractivity contribution in [2.75, 3.05) is 6.61 Å². The summed E-state index contributed by atoms with van der Waals surface area (Å²) >= 11 is 0. The number of rotatable bonds is 6. The van der Waals surface area contributed by atoms with Crippen molar-refractivity contribution in [3.8, 4) is 11.3 Å². The van der Waals surface area contributed by atoms with Crippen LogP contribution in [0, 0.1) is 17.8 Å². The maximum atomic E-state index is 12.4. The highest BCUT2D eigenvalue weighted by atomic mass is 19.3. The van der Waals surface area contributed by atoms with Crippen molar-refractivity contribution in [1.82, 2.24) is 9.97 Å². The zero-order valence-corrected chi connectivity index (χ0v) is 17.2. The van der Waals surface area contributed by atoms with Crippen LogP contribution in [0.15, 0.2) is 54.6 Å². The Kier molecular flexibility index (Phi) is 5.61. The van der Waals surface area contributed by atoms with Crippen LogP contribution in [0.2, 0.25) is 0 Å². The number of aryl methyl sites for hydroxylation is 1. The molecule has 0 atom stereocenters. The molecule has 3 nitrogen and oxygen atoms in total. The summed E-state index contributed by atoms with van der Waals surface area (Å²) in [4.78, 5) is 13.5. The van der Waals surface area contributed by atoms with E-state index in [0.29, 0.717) is 0 Å². The van der Waals surface area contributed by atoms with Crippen molar-refractivity contribution in [2.45, 2.75) is 34.6 Å². The van der Waals surface area contributed by atoms with Crippen LogP contribution >= 0.6 is 0 Å². The fraction of sp³-hybridized carbons (Fsp3) is 0.333. The molecule has 146 valence electrons. The first-order chi connectivity index (χ1) is 13.2. The first-order valence-corrected chi connectivity index (χ1v) is 9.50. The zero-order chi connectivity index (χ0) is 20.4. The van der Waals surface area contributed by atoms with Crippen molar-refractivity contribution >= 4 is 17.1 Å². The number of aromatic nitrogens is 2. The maximum absolute atomic E-state index is 12.4. The van der Waals surface area contributed by atoms with Gasteiger partial charge in [0.15, 0.2) is 0 Å². The molecule has 28 heavy (non-hydrogen) atoms. The second kappa shape index (κ2) is 7.80. The van der Waals surface area contributed by atoms with E-state index in [1.165, 1.54) is 0 Å². The Morgan fingerprint density at radius 3 is 2.36 bits per heavy atom. The highest BCUT2D eigenvalue weighted by Gasteiger charge is 2.35. The third-order valence-corrected chi connectivity index (χ3v) is 5.76. The lowest BCUT2D eigenvalue weighted by atomic mass is 9.68.